The van der Waals surface area contributed by atoms with Crippen molar-refractivity contribution < 1.29 is 31.6 Å². The van der Waals surface area contributed by atoms with E-state index >= 15 is 0 Å². The van der Waals surface area contributed by atoms with Gasteiger partial charge in [0, 0.05) is 21.7 Å². The first-order valence-corrected chi connectivity index (χ1v) is 1.62. The SMILES string of the molecule is CC(O)C(N)=O.[Ti]. The summed E-state index contributed by atoms with van der Waals surface area (Å²) in [6.45, 7) is 1.32. The fourth-order valence-electron chi connectivity index (χ4n) is 0. The molecule has 7 heavy (non-hydrogen) atoms. The van der Waals surface area contributed by atoms with Crippen LogP contribution in [0, 0.1) is 0 Å². The minimum atomic E-state index is -1.01. The number of aliphatic hydroxyl groups excluding tert-OH is 1. The number of hydrogen-bond donors (Lipinski definition) is 2. The molecule has 0 fully saturated rings. The third kappa shape index (κ3) is 6.14. The molecule has 0 aromatic heterocycles. The van der Waals surface area contributed by atoms with E-state index in [4.69, 9.17) is 5.11 Å². The van der Waals surface area contributed by atoms with Crippen molar-refractivity contribution in [2.24, 2.45) is 5.73 Å². The number of carbonyl (C=O) groups excluding carboxylic acids is 1. The molecule has 3 nitrogen and oxygen atoms in total. The van der Waals surface area contributed by atoms with Crippen LogP contribution in [0.15, 0.2) is 0 Å². The van der Waals surface area contributed by atoms with Crippen molar-refractivity contribution in [2.45, 2.75) is 13.0 Å². The minimum Gasteiger partial charge on any atom is -0.384 e. The Balaban J connectivity index is 0. The van der Waals surface area contributed by atoms with Crippen molar-refractivity contribution >= 4 is 5.91 Å². The molecule has 0 saturated carbocycles. The van der Waals surface area contributed by atoms with Gasteiger partial charge in [0.1, 0.15) is 6.10 Å². The minimum absolute atomic E-state index is 0. The van der Waals surface area contributed by atoms with Crippen LogP contribution < -0.4 is 5.73 Å². The number of nitrogens with two attached hydrogens (primary N) is 1. The monoisotopic (exact) mass is 137 g/mol. The van der Waals surface area contributed by atoms with E-state index in [0.717, 1.165) is 0 Å². The summed E-state index contributed by atoms with van der Waals surface area (Å²) in [5, 5.41) is 8.16. The third-order valence-corrected chi connectivity index (χ3v) is 0.412. The standard InChI is InChI=1S/C3H7NO2.Ti/c1-2(5)3(4)6;/h2,5H,1H3,(H2,4,6);. The molecule has 0 aliphatic heterocycles. The topological polar surface area (TPSA) is 63.3 Å². The van der Waals surface area contributed by atoms with Crippen LogP contribution >= 0.6 is 0 Å². The molecule has 3 N–H and O–H groups in total. The van der Waals surface area contributed by atoms with Crippen molar-refractivity contribution in [3.8, 4) is 0 Å². The molecule has 0 spiro atoms. The quantitative estimate of drug-likeness (QED) is 0.448. The third-order valence-electron chi connectivity index (χ3n) is 0.412. The Morgan fingerprint density at radius 2 is 2.00 bits per heavy atom. The molecule has 1 atom stereocenters. The van der Waals surface area contributed by atoms with Crippen molar-refractivity contribution in [3.05, 3.63) is 0 Å². The molecule has 0 radical (unpaired) electrons. The Bertz CT molecular complexity index is 64.0. The molecule has 0 rings (SSSR count). The molecular weight excluding hydrogens is 130 g/mol. The first-order valence-electron chi connectivity index (χ1n) is 1.62. The summed E-state index contributed by atoms with van der Waals surface area (Å²) in [5.74, 6) is -0.685. The zero-order valence-electron chi connectivity index (χ0n) is 4.01. The normalized spacial score (nSPS) is 11.7. The van der Waals surface area contributed by atoms with Gasteiger partial charge in [-0.1, -0.05) is 0 Å². The number of carbonyl (C=O) groups is 1. The predicted octanol–water partition coefficient (Wildman–Crippen LogP) is -1.15. The zero-order chi connectivity index (χ0) is 5.15. The van der Waals surface area contributed by atoms with Gasteiger partial charge in [0.05, 0.1) is 0 Å². The molecule has 40 valence electrons. The van der Waals surface area contributed by atoms with Crippen molar-refractivity contribution in [3.63, 3.8) is 0 Å². The van der Waals surface area contributed by atoms with Gasteiger partial charge in [-0.05, 0) is 6.92 Å². The fourth-order valence-corrected chi connectivity index (χ4v) is 0. The Labute approximate surface area is 56.8 Å². The molecule has 0 saturated heterocycles. The van der Waals surface area contributed by atoms with Crippen LogP contribution in [0.25, 0.3) is 0 Å². The Morgan fingerprint density at radius 1 is 1.86 bits per heavy atom. The molecule has 0 heterocycles. The summed E-state index contributed by atoms with van der Waals surface area (Å²) < 4.78 is 0. The molecule has 0 aliphatic rings. The van der Waals surface area contributed by atoms with Gasteiger partial charge in [-0.15, -0.1) is 0 Å². The molecule has 1 amide bonds. The van der Waals surface area contributed by atoms with E-state index in [1.54, 1.807) is 0 Å². The average Bonchev–Trinajstić information content (AvgIpc) is 1.36. The maximum atomic E-state index is 9.67. The van der Waals surface area contributed by atoms with Crippen LogP contribution in [0.1, 0.15) is 6.92 Å². The van der Waals surface area contributed by atoms with Gasteiger partial charge in [0.2, 0.25) is 5.91 Å². The van der Waals surface area contributed by atoms with Crippen LogP contribution in [0.5, 0.6) is 0 Å². The molecule has 4 heteroatoms. The molecule has 0 aromatic rings. The first kappa shape index (κ1) is 10.2. The van der Waals surface area contributed by atoms with Crippen molar-refractivity contribution in [1.82, 2.24) is 0 Å². The summed E-state index contributed by atoms with van der Waals surface area (Å²) in [5.41, 5.74) is 4.55. The van der Waals surface area contributed by atoms with Crippen LogP contribution in [-0.2, 0) is 26.5 Å². The smallest absolute Gasteiger partial charge is 0.245 e. The number of aliphatic hydroxyl groups is 1. The second kappa shape index (κ2) is 4.31. The average molecular weight is 137 g/mol. The molecule has 0 aromatic carbocycles. The van der Waals surface area contributed by atoms with Gasteiger partial charge >= 0.3 is 0 Å². The van der Waals surface area contributed by atoms with E-state index in [2.05, 4.69) is 5.73 Å². The Morgan fingerprint density at radius 3 is 2.00 bits per heavy atom. The molecule has 1 unspecified atom stereocenters. The second-order valence-corrected chi connectivity index (χ2v) is 1.08. The Hall–Kier alpha value is 0.144. The van der Waals surface area contributed by atoms with Gasteiger partial charge in [0.25, 0.3) is 0 Å². The first-order chi connectivity index (χ1) is 2.64. The largest absolute Gasteiger partial charge is 0.384 e. The maximum absolute atomic E-state index is 9.67. The van der Waals surface area contributed by atoms with Crippen LogP contribution in [0.2, 0.25) is 0 Å². The van der Waals surface area contributed by atoms with E-state index in [0.29, 0.717) is 0 Å². The summed E-state index contributed by atoms with van der Waals surface area (Å²) in [6.07, 6.45) is -1.01. The van der Waals surface area contributed by atoms with Gasteiger partial charge in [-0.2, -0.15) is 0 Å². The number of hydrogen-bond acceptors (Lipinski definition) is 2. The maximum Gasteiger partial charge on any atom is 0.245 e. The number of primary amides is 1. The van der Waals surface area contributed by atoms with Gasteiger partial charge in [-0.3, -0.25) is 4.79 Å². The van der Waals surface area contributed by atoms with Crippen molar-refractivity contribution in [1.29, 1.82) is 0 Å². The van der Waals surface area contributed by atoms with Crippen LogP contribution in [0.4, 0.5) is 0 Å². The summed E-state index contributed by atoms with van der Waals surface area (Å²) >= 11 is 0. The molecular formula is C3H7NO2Ti. The number of rotatable bonds is 1. The van der Waals surface area contributed by atoms with Gasteiger partial charge in [-0.25, -0.2) is 0 Å². The summed E-state index contributed by atoms with van der Waals surface area (Å²) in [7, 11) is 0. The predicted molar refractivity (Wildman–Crippen MR) is 20.9 cm³/mol. The molecule has 0 aliphatic carbocycles. The second-order valence-electron chi connectivity index (χ2n) is 1.08. The van der Waals surface area contributed by atoms with E-state index in [1.807, 2.05) is 0 Å². The van der Waals surface area contributed by atoms with Gasteiger partial charge in [0.15, 0.2) is 0 Å². The fraction of sp³-hybridized carbons (Fsp3) is 0.667. The summed E-state index contributed by atoms with van der Waals surface area (Å²) in [4.78, 5) is 9.67. The van der Waals surface area contributed by atoms with E-state index in [-0.39, 0.29) is 21.7 Å². The zero-order valence-corrected chi connectivity index (χ0v) is 5.57. The van der Waals surface area contributed by atoms with E-state index < -0.39 is 12.0 Å². The summed E-state index contributed by atoms with van der Waals surface area (Å²) in [6, 6.07) is 0. The van der Waals surface area contributed by atoms with E-state index in [1.165, 1.54) is 6.92 Å². The van der Waals surface area contributed by atoms with E-state index in [9.17, 15) is 4.79 Å². The molecule has 0 bridgehead atoms. The van der Waals surface area contributed by atoms with Gasteiger partial charge < -0.3 is 10.8 Å². The van der Waals surface area contributed by atoms with Crippen molar-refractivity contribution in [2.75, 3.05) is 0 Å². The number of amides is 1. The van der Waals surface area contributed by atoms with Crippen LogP contribution in [-0.4, -0.2) is 17.1 Å². The van der Waals surface area contributed by atoms with Crippen LogP contribution in [0.3, 0.4) is 0 Å². The Kier molecular flexibility index (Phi) is 6.27.